The fraction of sp³-hybridized carbons (Fsp3) is 0.750. The summed E-state index contributed by atoms with van der Waals surface area (Å²) < 4.78 is 17.3. The molecular formula is C24H42O3. The minimum atomic E-state index is 0.368. The number of methoxy groups -OCH3 is 2. The second-order valence-corrected chi connectivity index (χ2v) is 9.39. The highest BCUT2D eigenvalue weighted by molar-refractivity contribution is 5.55. The van der Waals surface area contributed by atoms with Gasteiger partial charge in [0.2, 0.25) is 5.75 Å². The largest absolute Gasteiger partial charge is 0.493 e. The Morgan fingerprint density at radius 2 is 1.41 bits per heavy atom. The third-order valence-corrected chi connectivity index (χ3v) is 6.07. The van der Waals surface area contributed by atoms with E-state index < -0.39 is 0 Å². The van der Waals surface area contributed by atoms with Crippen LogP contribution in [0.1, 0.15) is 79.2 Å². The predicted molar refractivity (Wildman–Crippen MR) is 115 cm³/mol. The number of aryl methyl sites for hydroxylation is 1. The van der Waals surface area contributed by atoms with E-state index in [-0.39, 0.29) is 0 Å². The Kier molecular flexibility index (Phi) is 8.98. The van der Waals surface area contributed by atoms with Gasteiger partial charge in [-0.15, -0.1) is 0 Å². The van der Waals surface area contributed by atoms with Gasteiger partial charge in [-0.05, 0) is 54.6 Å². The number of rotatable bonds is 12. The molecule has 0 bridgehead atoms. The van der Waals surface area contributed by atoms with E-state index >= 15 is 0 Å². The van der Waals surface area contributed by atoms with Gasteiger partial charge in [0.1, 0.15) is 0 Å². The van der Waals surface area contributed by atoms with Gasteiger partial charge in [-0.1, -0.05) is 60.5 Å². The van der Waals surface area contributed by atoms with Crippen LogP contribution >= 0.6 is 0 Å². The van der Waals surface area contributed by atoms with Crippen LogP contribution in [-0.2, 0) is 0 Å². The molecule has 0 radical (unpaired) electrons. The lowest BCUT2D eigenvalue weighted by Gasteiger charge is -2.34. The lowest BCUT2D eigenvalue weighted by Crippen LogP contribution is -2.23. The normalized spacial score (nSPS) is 12.4. The topological polar surface area (TPSA) is 27.7 Å². The maximum atomic E-state index is 6.21. The Balaban J connectivity index is 2.88. The molecule has 0 unspecified atom stereocenters. The Morgan fingerprint density at radius 3 is 1.85 bits per heavy atom. The van der Waals surface area contributed by atoms with Gasteiger partial charge in [-0.25, -0.2) is 0 Å². The molecule has 0 N–H and O–H groups in total. The van der Waals surface area contributed by atoms with Crippen molar-refractivity contribution >= 4 is 0 Å². The number of hydrogen-bond donors (Lipinski definition) is 0. The quantitative estimate of drug-likeness (QED) is 0.390. The second kappa shape index (κ2) is 10.2. The van der Waals surface area contributed by atoms with E-state index in [0.29, 0.717) is 23.4 Å². The van der Waals surface area contributed by atoms with Crippen LogP contribution in [0.25, 0.3) is 0 Å². The lowest BCUT2D eigenvalue weighted by molar-refractivity contribution is 0.156. The minimum absolute atomic E-state index is 0.368. The fourth-order valence-corrected chi connectivity index (χ4v) is 3.65. The molecule has 0 fully saturated rings. The van der Waals surface area contributed by atoms with Crippen LogP contribution in [-0.4, -0.2) is 20.8 Å². The first kappa shape index (κ1) is 23.7. The summed E-state index contributed by atoms with van der Waals surface area (Å²) in [6, 6.07) is 3.95. The van der Waals surface area contributed by atoms with Gasteiger partial charge >= 0.3 is 0 Å². The van der Waals surface area contributed by atoms with Crippen molar-refractivity contribution in [3.63, 3.8) is 0 Å². The van der Waals surface area contributed by atoms with E-state index in [1.54, 1.807) is 14.2 Å². The number of hydrogen-bond acceptors (Lipinski definition) is 3. The molecule has 156 valence electrons. The molecule has 0 saturated carbocycles. The Labute approximate surface area is 167 Å². The highest BCUT2D eigenvalue weighted by Gasteiger charge is 2.27. The van der Waals surface area contributed by atoms with Crippen LogP contribution in [0.2, 0.25) is 0 Å². The van der Waals surface area contributed by atoms with Crippen molar-refractivity contribution in [2.45, 2.75) is 80.6 Å². The van der Waals surface area contributed by atoms with Crippen molar-refractivity contribution in [2.75, 3.05) is 20.8 Å². The van der Waals surface area contributed by atoms with Crippen molar-refractivity contribution in [2.24, 2.45) is 16.7 Å². The Morgan fingerprint density at radius 1 is 0.852 bits per heavy atom. The van der Waals surface area contributed by atoms with Gasteiger partial charge in [0, 0.05) is 0 Å². The summed E-state index contributed by atoms with van der Waals surface area (Å²) in [5, 5.41) is 0. The van der Waals surface area contributed by atoms with Crippen LogP contribution in [0.4, 0.5) is 0 Å². The van der Waals surface area contributed by atoms with Crippen LogP contribution in [0.15, 0.2) is 12.1 Å². The summed E-state index contributed by atoms with van der Waals surface area (Å²) in [6.45, 7) is 16.8. The summed E-state index contributed by atoms with van der Waals surface area (Å²) in [6.07, 6.45) is 5.93. The number of ether oxygens (including phenoxy) is 3. The molecule has 0 atom stereocenters. The third-order valence-electron chi connectivity index (χ3n) is 6.07. The molecule has 0 aliphatic rings. The van der Waals surface area contributed by atoms with Crippen LogP contribution < -0.4 is 14.2 Å². The average Bonchev–Trinajstić information content (AvgIpc) is 2.61. The molecule has 0 spiro atoms. The van der Waals surface area contributed by atoms with Gasteiger partial charge in [0.25, 0.3) is 0 Å². The first-order valence-corrected chi connectivity index (χ1v) is 10.4. The van der Waals surface area contributed by atoms with Crippen LogP contribution in [0.3, 0.4) is 0 Å². The molecule has 1 rings (SSSR count). The maximum absolute atomic E-state index is 6.21. The van der Waals surface area contributed by atoms with Crippen molar-refractivity contribution in [3.05, 3.63) is 17.7 Å². The average molecular weight is 379 g/mol. The van der Waals surface area contributed by atoms with Gasteiger partial charge in [-0.3, -0.25) is 0 Å². The summed E-state index contributed by atoms with van der Waals surface area (Å²) >= 11 is 0. The molecule has 0 amide bonds. The molecule has 1 aromatic rings. The van der Waals surface area contributed by atoms with Crippen LogP contribution in [0.5, 0.6) is 17.2 Å². The summed E-state index contributed by atoms with van der Waals surface area (Å²) in [5.74, 6) is 2.88. The molecule has 1 aromatic carbocycles. The van der Waals surface area contributed by atoms with E-state index in [9.17, 15) is 0 Å². The molecule has 0 saturated heterocycles. The monoisotopic (exact) mass is 378 g/mol. The van der Waals surface area contributed by atoms with Crippen molar-refractivity contribution < 1.29 is 14.2 Å². The van der Waals surface area contributed by atoms with E-state index in [0.717, 1.165) is 29.2 Å². The first-order chi connectivity index (χ1) is 12.6. The maximum Gasteiger partial charge on any atom is 0.203 e. The molecule has 27 heavy (non-hydrogen) atoms. The third kappa shape index (κ3) is 7.27. The zero-order valence-corrected chi connectivity index (χ0v) is 19.2. The smallest absolute Gasteiger partial charge is 0.203 e. The molecule has 3 nitrogen and oxygen atoms in total. The molecular weight excluding hydrogens is 336 g/mol. The number of benzene rings is 1. The molecule has 0 aliphatic heterocycles. The lowest BCUT2D eigenvalue weighted by atomic mass is 9.72. The van der Waals surface area contributed by atoms with E-state index in [1.807, 2.05) is 19.1 Å². The first-order valence-electron chi connectivity index (χ1n) is 10.4. The zero-order chi connectivity index (χ0) is 20.7. The SMILES string of the molecule is CCC(C)(C)CC(CCOc1c(OC)ccc(C)c1OC)CC(C)(C)CC. The van der Waals surface area contributed by atoms with Crippen molar-refractivity contribution in [1.82, 2.24) is 0 Å². The summed E-state index contributed by atoms with van der Waals surface area (Å²) in [4.78, 5) is 0. The molecule has 0 heterocycles. The van der Waals surface area contributed by atoms with Gasteiger partial charge in [0.05, 0.1) is 20.8 Å². The highest BCUT2D eigenvalue weighted by atomic mass is 16.5. The molecule has 0 aromatic heterocycles. The molecule has 0 aliphatic carbocycles. The standard InChI is InChI=1S/C24H42O3/c1-10-23(4,5)16-19(17-24(6,7)11-2)14-15-27-22-20(25-8)13-12-18(3)21(22)26-9/h12-13,19H,10-11,14-17H2,1-9H3. The highest BCUT2D eigenvalue weighted by Crippen LogP contribution is 2.41. The Bertz CT molecular complexity index is 557. The minimum Gasteiger partial charge on any atom is -0.493 e. The van der Waals surface area contributed by atoms with Gasteiger partial charge < -0.3 is 14.2 Å². The van der Waals surface area contributed by atoms with Gasteiger partial charge in [-0.2, -0.15) is 0 Å². The predicted octanol–water partition coefficient (Wildman–Crippen LogP) is 7.05. The Hall–Kier alpha value is -1.38. The van der Waals surface area contributed by atoms with Crippen LogP contribution in [0, 0.1) is 23.7 Å². The second-order valence-electron chi connectivity index (χ2n) is 9.39. The zero-order valence-electron chi connectivity index (χ0n) is 19.2. The summed E-state index contributed by atoms with van der Waals surface area (Å²) in [7, 11) is 3.36. The van der Waals surface area contributed by atoms with Crippen molar-refractivity contribution in [1.29, 1.82) is 0 Å². The van der Waals surface area contributed by atoms with E-state index in [1.165, 1.54) is 25.7 Å². The van der Waals surface area contributed by atoms with Gasteiger partial charge in [0.15, 0.2) is 11.5 Å². The fourth-order valence-electron chi connectivity index (χ4n) is 3.65. The summed E-state index contributed by atoms with van der Waals surface area (Å²) in [5.41, 5.74) is 1.80. The van der Waals surface area contributed by atoms with Crippen molar-refractivity contribution in [3.8, 4) is 17.2 Å². The van der Waals surface area contributed by atoms with E-state index in [2.05, 4.69) is 41.5 Å². The molecule has 3 heteroatoms. The van der Waals surface area contributed by atoms with E-state index in [4.69, 9.17) is 14.2 Å².